The first-order valence-corrected chi connectivity index (χ1v) is 7.98. The molecule has 3 heteroatoms. The number of β-amino-alcohol motifs (C(OH)–C–C–N with tert-alkyl or cyclic N) is 1. The molecular weight excluding hydrogens is 248 g/mol. The number of nitrogens with zero attached hydrogens (tertiary/aromatic N) is 1. The Morgan fingerprint density at radius 3 is 2.60 bits per heavy atom. The van der Waals surface area contributed by atoms with E-state index < -0.39 is 0 Å². The fraction of sp³-hybridized carbons (Fsp3) is 0.647. The summed E-state index contributed by atoms with van der Waals surface area (Å²) in [5.74, 6) is 1.56. The molecule has 0 amide bonds. The maximum atomic E-state index is 8.95. The van der Waals surface area contributed by atoms with Crippen molar-refractivity contribution in [2.75, 3.05) is 32.8 Å². The van der Waals surface area contributed by atoms with E-state index in [9.17, 15) is 0 Å². The van der Waals surface area contributed by atoms with Crippen molar-refractivity contribution >= 4 is 0 Å². The lowest BCUT2D eigenvalue weighted by molar-refractivity contribution is 0.146. The zero-order chi connectivity index (χ0) is 13.8. The molecule has 1 aromatic carbocycles. The van der Waals surface area contributed by atoms with E-state index in [1.807, 2.05) is 0 Å². The number of likely N-dealkylation sites (tertiary alicyclic amines) is 1. The highest BCUT2D eigenvalue weighted by Gasteiger charge is 2.38. The van der Waals surface area contributed by atoms with Crippen LogP contribution < -0.4 is 5.32 Å². The standard InChI is InChI=1S/C17H26N2O/c20-11-10-19-8-6-14(7-9-19)13-18-17-12-16(17)15-4-2-1-3-5-15/h1-5,14,16-18,20H,6-13H2/t16?,17-/m0/s1. The molecule has 2 atom stereocenters. The predicted molar refractivity (Wildman–Crippen MR) is 81.8 cm³/mol. The van der Waals surface area contributed by atoms with Crippen molar-refractivity contribution in [3.63, 3.8) is 0 Å². The molecule has 1 aromatic rings. The summed E-state index contributed by atoms with van der Waals surface area (Å²) in [6.07, 6.45) is 3.85. The quantitative estimate of drug-likeness (QED) is 0.831. The summed E-state index contributed by atoms with van der Waals surface area (Å²) in [6, 6.07) is 11.6. The van der Waals surface area contributed by atoms with Gasteiger partial charge >= 0.3 is 0 Å². The summed E-state index contributed by atoms with van der Waals surface area (Å²) < 4.78 is 0. The number of hydrogen-bond acceptors (Lipinski definition) is 3. The van der Waals surface area contributed by atoms with Crippen molar-refractivity contribution < 1.29 is 5.11 Å². The molecule has 1 saturated carbocycles. The van der Waals surface area contributed by atoms with Gasteiger partial charge in [-0.2, -0.15) is 0 Å². The third-order valence-corrected chi connectivity index (χ3v) is 4.81. The number of rotatable bonds is 6. The van der Waals surface area contributed by atoms with Crippen molar-refractivity contribution in [2.24, 2.45) is 5.92 Å². The molecule has 0 spiro atoms. The second kappa shape index (κ2) is 6.70. The lowest BCUT2D eigenvalue weighted by atomic mass is 9.97. The van der Waals surface area contributed by atoms with Gasteiger partial charge in [0.15, 0.2) is 0 Å². The molecule has 0 aromatic heterocycles. The zero-order valence-electron chi connectivity index (χ0n) is 12.2. The maximum absolute atomic E-state index is 8.95. The highest BCUT2D eigenvalue weighted by Crippen LogP contribution is 2.40. The fourth-order valence-corrected chi connectivity index (χ4v) is 3.36. The highest BCUT2D eigenvalue weighted by molar-refractivity contribution is 5.27. The van der Waals surface area contributed by atoms with E-state index in [-0.39, 0.29) is 0 Å². The fourth-order valence-electron chi connectivity index (χ4n) is 3.36. The predicted octanol–water partition coefficient (Wildman–Crippen LogP) is 1.84. The van der Waals surface area contributed by atoms with Crippen LogP contribution in [0.2, 0.25) is 0 Å². The van der Waals surface area contributed by atoms with E-state index in [1.165, 1.54) is 31.4 Å². The van der Waals surface area contributed by atoms with Gasteiger partial charge in [-0.3, -0.25) is 0 Å². The molecule has 1 aliphatic heterocycles. The van der Waals surface area contributed by atoms with Crippen LogP contribution in [0.25, 0.3) is 0 Å². The Kier molecular flexibility index (Phi) is 4.71. The monoisotopic (exact) mass is 274 g/mol. The van der Waals surface area contributed by atoms with Gasteiger partial charge in [0.05, 0.1) is 6.61 Å². The largest absolute Gasteiger partial charge is 0.395 e. The van der Waals surface area contributed by atoms with Crippen LogP contribution in [-0.2, 0) is 0 Å². The van der Waals surface area contributed by atoms with Gasteiger partial charge in [0.2, 0.25) is 0 Å². The van der Waals surface area contributed by atoms with Gasteiger partial charge in [-0.25, -0.2) is 0 Å². The number of nitrogens with one attached hydrogen (secondary N) is 1. The first-order chi connectivity index (χ1) is 9.86. The number of aliphatic hydroxyl groups is 1. The number of piperidine rings is 1. The summed E-state index contributed by atoms with van der Waals surface area (Å²) in [5, 5.41) is 12.7. The molecule has 3 nitrogen and oxygen atoms in total. The second-order valence-corrected chi connectivity index (χ2v) is 6.28. The Balaban J connectivity index is 1.36. The van der Waals surface area contributed by atoms with E-state index in [0.29, 0.717) is 12.6 Å². The molecule has 1 unspecified atom stereocenters. The van der Waals surface area contributed by atoms with Crippen molar-refractivity contribution in [2.45, 2.75) is 31.2 Å². The normalized spacial score (nSPS) is 27.6. The number of hydrogen-bond donors (Lipinski definition) is 2. The van der Waals surface area contributed by atoms with Crippen LogP contribution in [-0.4, -0.2) is 48.8 Å². The van der Waals surface area contributed by atoms with Crippen molar-refractivity contribution in [1.82, 2.24) is 10.2 Å². The molecule has 1 saturated heterocycles. The summed E-state index contributed by atoms with van der Waals surface area (Å²) in [6.45, 7) is 4.61. The van der Waals surface area contributed by atoms with Crippen LogP contribution in [0, 0.1) is 5.92 Å². The van der Waals surface area contributed by atoms with Crippen LogP contribution in [0.5, 0.6) is 0 Å². The van der Waals surface area contributed by atoms with Crippen LogP contribution in [0.1, 0.15) is 30.7 Å². The van der Waals surface area contributed by atoms with Crippen molar-refractivity contribution in [3.8, 4) is 0 Å². The Morgan fingerprint density at radius 1 is 1.15 bits per heavy atom. The Bertz CT molecular complexity index is 401. The topological polar surface area (TPSA) is 35.5 Å². The first-order valence-electron chi connectivity index (χ1n) is 7.98. The highest BCUT2D eigenvalue weighted by atomic mass is 16.3. The van der Waals surface area contributed by atoms with E-state index in [1.54, 1.807) is 0 Å². The Hall–Kier alpha value is -0.900. The lowest BCUT2D eigenvalue weighted by Gasteiger charge is -2.31. The molecule has 0 bridgehead atoms. The molecule has 1 aliphatic carbocycles. The molecule has 110 valence electrons. The van der Waals surface area contributed by atoms with Gasteiger partial charge in [-0.05, 0) is 50.4 Å². The van der Waals surface area contributed by atoms with Crippen molar-refractivity contribution in [3.05, 3.63) is 35.9 Å². The number of aliphatic hydroxyl groups excluding tert-OH is 1. The molecule has 2 aliphatic rings. The van der Waals surface area contributed by atoms with Crippen LogP contribution in [0.15, 0.2) is 30.3 Å². The second-order valence-electron chi connectivity index (χ2n) is 6.28. The van der Waals surface area contributed by atoms with E-state index in [4.69, 9.17) is 5.11 Å². The minimum atomic E-state index is 0.295. The van der Waals surface area contributed by atoms with Gasteiger partial charge < -0.3 is 15.3 Å². The molecule has 2 fully saturated rings. The van der Waals surface area contributed by atoms with Crippen LogP contribution in [0.3, 0.4) is 0 Å². The first kappa shape index (κ1) is 14.1. The summed E-state index contributed by atoms with van der Waals surface area (Å²) in [5.41, 5.74) is 1.49. The SMILES string of the molecule is OCCN1CCC(CN[C@H]2CC2c2ccccc2)CC1. The zero-order valence-corrected chi connectivity index (χ0v) is 12.2. The maximum Gasteiger partial charge on any atom is 0.0558 e. The van der Waals surface area contributed by atoms with E-state index in [2.05, 4.69) is 40.5 Å². The smallest absolute Gasteiger partial charge is 0.0558 e. The summed E-state index contributed by atoms with van der Waals surface area (Å²) >= 11 is 0. The molecule has 1 heterocycles. The van der Waals surface area contributed by atoms with Gasteiger partial charge in [0.25, 0.3) is 0 Å². The molecular formula is C17H26N2O. The Morgan fingerprint density at radius 2 is 1.90 bits per heavy atom. The number of benzene rings is 1. The summed E-state index contributed by atoms with van der Waals surface area (Å²) in [4.78, 5) is 2.38. The van der Waals surface area contributed by atoms with Gasteiger partial charge in [0.1, 0.15) is 0 Å². The minimum Gasteiger partial charge on any atom is -0.395 e. The molecule has 20 heavy (non-hydrogen) atoms. The third kappa shape index (κ3) is 3.60. The van der Waals surface area contributed by atoms with E-state index in [0.717, 1.165) is 31.5 Å². The third-order valence-electron chi connectivity index (χ3n) is 4.81. The van der Waals surface area contributed by atoms with Gasteiger partial charge in [-0.1, -0.05) is 30.3 Å². The average molecular weight is 274 g/mol. The molecule has 3 rings (SSSR count). The van der Waals surface area contributed by atoms with Gasteiger partial charge in [0, 0.05) is 18.5 Å². The lowest BCUT2D eigenvalue weighted by Crippen LogP contribution is -2.39. The van der Waals surface area contributed by atoms with Gasteiger partial charge in [-0.15, -0.1) is 0 Å². The minimum absolute atomic E-state index is 0.295. The van der Waals surface area contributed by atoms with Crippen LogP contribution >= 0.6 is 0 Å². The molecule has 0 radical (unpaired) electrons. The van der Waals surface area contributed by atoms with Crippen LogP contribution in [0.4, 0.5) is 0 Å². The summed E-state index contributed by atoms with van der Waals surface area (Å²) in [7, 11) is 0. The molecule has 2 N–H and O–H groups in total. The average Bonchev–Trinajstić information content (AvgIpc) is 3.27. The van der Waals surface area contributed by atoms with Crippen molar-refractivity contribution in [1.29, 1.82) is 0 Å². The van der Waals surface area contributed by atoms with E-state index >= 15 is 0 Å². The Labute approximate surface area is 122 Å².